The summed E-state index contributed by atoms with van der Waals surface area (Å²) in [5.74, 6) is 0. The van der Waals surface area contributed by atoms with Crippen LogP contribution in [0.1, 0.15) is 34.6 Å². The molecule has 3 heteroatoms. The first-order valence-electron chi connectivity index (χ1n) is 6.98. The number of rotatable bonds is 9. The molecule has 0 aliphatic carbocycles. The second-order valence-electron chi connectivity index (χ2n) is 5.72. The van der Waals surface area contributed by atoms with Gasteiger partial charge in [-0.25, -0.2) is 0 Å². The Bertz CT molecular complexity index is 270. The molecule has 0 unspecified atom stereocenters. The first-order valence-corrected chi connectivity index (χ1v) is 12.5. The van der Waals surface area contributed by atoms with Crippen LogP contribution in [0.25, 0.3) is 0 Å². The van der Waals surface area contributed by atoms with Crippen molar-refractivity contribution in [3.8, 4) is 0 Å². The van der Waals surface area contributed by atoms with Gasteiger partial charge in [-0.1, -0.05) is 0 Å². The topological polar surface area (TPSA) is 29.5 Å². The van der Waals surface area contributed by atoms with Crippen molar-refractivity contribution in [2.75, 3.05) is 13.2 Å². The van der Waals surface area contributed by atoms with E-state index in [1.807, 2.05) is 19.9 Å². The third-order valence-electron chi connectivity index (χ3n) is 3.87. The third-order valence-corrected chi connectivity index (χ3v) is 15.2. The molecule has 0 atom stereocenters. The van der Waals surface area contributed by atoms with Crippen LogP contribution in [0, 0.1) is 5.41 Å². The summed E-state index contributed by atoms with van der Waals surface area (Å²) in [6, 6.07) is 0. The summed E-state index contributed by atoms with van der Waals surface area (Å²) in [6.45, 7) is 15.4. The molecule has 0 aromatic heterocycles. The van der Waals surface area contributed by atoms with Crippen LogP contribution in [0.15, 0.2) is 23.3 Å². The Kier molecular flexibility index (Phi) is 7.96. The van der Waals surface area contributed by atoms with Crippen molar-refractivity contribution in [2.45, 2.75) is 50.4 Å². The molecule has 0 heterocycles. The van der Waals surface area contributed by atoms with E-state index in [1.165, 1.54) is 20.4 Å². The third kappa shape index (κ3) is 4.81. The van der Waals surface area contributed by atoms with Crippen molar-refractivity contribution in [1.82, 2.24) is 0 Å². The van der Waals surface area contributed by atoms with Crippen LogP contribution in [0.4, 0.5) is 0 Å². The normalized spacial score (nSPS) is 13.6. The number of aliphatic hydroxyl groups excluding tert-OH is 1. The van der Waals surface area contributed by atoms with Gasteiger partial charge in [-0.05, 0) is 0 Å². The second-order valence-corrected chi connectivity index (χ2v) is 16.6. The fourth-order valence-corrected chi connectivity index (χ4v) is 9.20. The SMILES string of the molecule is C=C/C=[C](/OCC(C)(C)CO)[Ge]([CH2]C)([CH2]C)[CH2]C. The van der Waals surface area contributed by atoms with Gasteiger partial charge < -0.3 is 0 Å². The second kappa shape index (κ2) is 8.05. The summed E-state index contributed by atoms with van der Waals surface area (Å²) >= 11 is -2.05. The summed E-state index contributed by atoms with van der Waals surface area (Å²) < 4.78 is 7.28. The Morgan fingerprint density at radius 1 is 1.22 bits per heavy atom. The van der Waals surface area contributed by atoms with Gasteiger partial charge in [0.15, 0.2) is 0 Å². The van der Waals surface area contributed by atoms with Gasteiger partial charge in [-0.2, -0.15) is 0 Å². The van der Waals surface area contributed by atoms with E-state index in [0.717, 1.165) is 0 Å². The van der Waals surface area contributed by atoms with Crippen molar-refractivity contribution in [3.63, 3.8) is 0 Å². The van der Waals surface area contributed by atoms with Crippen molar-refractivity contribution < 1.29 is 9.84 Å². The molecule has 0 aliphatic heterocycles. The van der Waals surface area contributed by atoms with Gasteiger partial charge in [-0.15, -0.1) is 0 Å². The van der Waals surface area contributed by atoms with Gasteiger partial charge in [0, 0.05) is 0 Å². The van der Waals surface area contributed by atoms with E-state index in [4.69, 9.17) is 4.74 Å². The van der Waals surface area contributed by atoms with Gasteiger partial charge in [-0.3, -0.25) is 0 Å². The maximum absolute atomic E-state index is 9.31. The first kappa shape index (κ1) is 17.8. The van der Waals surface area contributed by atoms with E-state index in [2.05, 4.69) is 33.4 Å². The minimum atomic E-state index is -2.05. The summed E-state index contributed by atoms with van der Waals surface area (Å²) in [5, 5.41) is 13.0. The van der Waals surface area contributed by atoms with Crippen LogP contribution < -0.4 is 0 Å². The minimum absolute atomic E-state index is 0.152. The number of hydrogen-bond acceptors (Lipinski definition) is 2. The number of allylic oxidation sites excluding steroid dienone is 2. The van der Waals surface area contributed by atoms with E-state index < -0.39 is 13.3 Å². The van der Waals surface area contributed by atoms with Gasteiger partial charge in [0.2, 0.25) is 0 Å². The van der Waals surface area contributed by atoms with Gasteiger partial charge in [0.25, 0.3) is 0 Å². The fourth-order valence-electron chi connectivity index (χ4n) is 2.08. The maximum atomic E-state index is 9.31. The van der Waals surface area contributed by atoms with Gasteiger partial charge in [0.05, 0.1) is 0 Å². The quantitative estimate of drug-likeness (QED) is 0.394. The summed E-state index contributed by atoms with van der Waals surface area (Å²) in [4.78, 5) is 0. The molecular formula is C15H30GeO2. The van der Waals surface area contributed by atoms with Crippen LogP contribution >= 0.6 is 0 Å². The van der Waals surface area contributed by atoms with Crippen molar-refractivity contribution in [2.24, 2.45) is 5.41 Å². The zero-order chi connectivity index (χ0) is 14.2. The molecule has 2 nitrogen and oxygen atoms in total. The molecule has 18 heavy (non-hydrogen) atoms. The molecule has 0 saturated carbocycles. The van der Waals surface area contributed by atoms with E-state index in [-0.39, 0.29) is 12.0 Å². The monoisotopic (exact) mass is 316 g/mol. The van der Waals surface area contributed by atoms with E-state index in [9.17, 15) is 5.11 Å². The van der Waals surface area contributed by atoms with Gasteiger partial charge in [0.1, 0.15) is 0 Å². The zero-order valence-corrected chi connectivity index (χ0v) is 14.9. The van der Waals surface area contributed by atoms with E-state index in [1.54, 1.807) is 0 Å². The summed E-state index contributed by atoms with van der Waals surface area (Å²) in [7, 11) is 0. The molecular weight excluding hydrogens is 285 g/mol. The number of aliphatic hydroxyl groups is 1. The molecule has 0 amide bonds. The van der Waals surface area contributed by atoms with Crippen molar-refractivity contribution >= 4 is 13.3 Å². The molecule has 0 aliphatic rings. The number of hydrogen-bond donors (Lipinski definition) is 1. The molecule has 0 spiro atoms. The fraction of sp³-hybridized carbons (Fsp3) is 0.733. The number of ether oxygens (including phenoxy) is 1. The van der Waals surface area contributed by atoms with Crippen LogP contribution in [-0.4, -0.2) is 31.6 Å². The first-order chi connectivity index (χ1) is 8.41. The van der Waals surface area contributed by atoms with Crippen LogP contribution in [0.2, 0.25) is 15.8 Å². The molecule has 0 aromatic rings. The molecule has 0 fully saturated rings. The predicted octanol–water partition coefficient (Wildman–Crippen LogP) is 4.14. The van der Waals surface area contributed by atoms with E-state index >= 15 is 0 Å². The Labute approximate surface area is 115 Å². The molecule has 0 rings (SSSR count). The summed E-state index contributed by atoms with van der Waals surface area (Å²) in [5.41, 5.74) is -0.177. The zero-order valence-electron chi connectivity index (χ0n) is 12.8. The van der Waals surface area contributed by atoms with Crippen molar-refractivity contribution in [1.29, 1.82) is 0 Å². The average Bonchev–Trinajstić information content (AvgIpc) is 2.38. The molecule has 0 radical (unpaired) electrons. The molecule has 1 N–H and O–H groups in total. The Hall–Kier alpha value is -0.217. The summed E-state index contributed by atoms with van der Waals surface area (Å²) in [6.07, 6.45) is 3.90. The van der Waals surface area contributed by atoms with Crippen molar-refractivity contribution in [3.05, 3.63) is 23.3 Å². The molecule has 106 valence electrons. The molecule has 0 saturated heterocycles. The Morgan fingerprint density at radius 3 is 2.06 bits per heavy atom. The van der Waals surface area contributed by atoms with Crippen LogP contribution in [0.3, 0.4) is 0 Å². The standard InChI is InChI=1S/C15H30GeO2/c1-7-11-14(16(8-2,9-3)10-4)18-13-15(5,6)12-17/h7,11,17H,1,8-10,12-13H2,2-6H3/b14-11+. The molecule has 0 aromatic carbocycles. The van der Waals surface area contributed by atoms with E-state index in [0.29, 0.717) is 6.61 Å². The predicted molar refractivity (Wildman–Crippen MR) is 82.3 cm³/mol. The Balaban J connectivity index is 4.98. The van der Waals surface area contributed by atoms with Crippen LogP contribution in [0.5, 0.6) is 0 Å². The Morgan fingerprint density at radius 2 is 1.72 bits per heavy atom. The molecule has 0 bridgehead atoms. The van der Waals surface area contributed by atoms with Crippen LogP contribution in [-0.2, 0) is 4.74 Å². The average molecular weight is 315 g/mol. The van der Waals surface area contributed by atoms with Gasteiger partial charge >= 0.3 is 115 Å².